The first-order valence-corrected chi connectivity index (χ1v) is 3.45. The van der Waals surface area contributed by atoms with Crippen LogP contribution in [-0.2, 0) is 4.79 Å². The highest BCUT2D eigenvalue weighted by atomic mass is 16.1. The van der Waals surface area contributed by atoms with Gasteiger partial charge in [0.05, 0.1) is 5.54 Å². The maximum Gasteiger partial charge on any atom is 0.153 e. The first-order valence-electron chi connectivity index (χ1n) is 3.45. The van der Waals surface area contributed by atoms with Crippen molar-refractivity contribution in [2.24, 2.45) is 5.73 Å². The third-order valence-electron chi connectivity index (χ3n) is 1.84. The smallest absolute Gasteiger partial charge is 0.153 e. The van der Waals surface area contributed by atoms with Crippen LogP contribution in [0.5, 0.6) is 0 Å². The fourth-order valence-electron chi connectivity index (χ4n) is 0.848. The molecule has 0 atom stereocenters. The molecule has 0 aliphatic heterocycles. The maximum absolute atomic E-state index is 11.1. The number of Topliss-reactive ketones (excluding diaryl/α,β-unsaturated/α-hetero) is 1. The van der Waals surface area contributed by atoms with Crippen LogP contribution in [-0.4, -0.2) is 11.3 Å². The Labute approximate surface area is 60.8 Å². The summed E-state index contributed by atoms with van der Waals surface area (Å²) in [5, 5.41) is 0. The molecule has 0 radical (unpaired) electrons. The Hall–Kier alpha value is -0.810. The zero-order valence-electron chi connectivity index (χ0n) is 5.89. The Balaban J connectivity index is 2.30. The van der Waals surface area contributed by atoms with Crippen molar-refractivity contribution in [1.82, 2.24) is 0 Å². The average molecular weight is 137 g/mol. The third kappa shape index (κ3) is 1.37. The molecule has 0 aromatic rings. The average Bonchev–Trinajstić information content (AvgIpc) is 2.64. The molecule has 1 fully saturated rings. The number of terminal acetylenes is 1. The molecule has 0 heterocycles. The Morgan fingerprint density at radius 1 is 1.70 bits per heavy atom. The van der Waals surface area contributed by atoms with Crippen molar-refractivity contribution in [3.63, 3.8) is 0 Å². The van der Waals surface area contributed by atoms with Gasteiger partial charge in [0.25, 0.3) is 0 Å². The van der Waals surface area contributed by atoms with Crippen molar-refractivity contribution in [3.8, 4) is 12.3 Å². The number of hydrogen-bond acceptors (Lipinski definition) is 2. The van der Waals surface area contributed by atoms with E-state index in [2.05, 4.69) is 5.92 Å². The zero-order valence-corrected chi connectivity index (χ0v) is 5.89. The van der Waals surface area contributed by atoms with E-state index in [0.717, 1.165) is 12.8 Å². The van der Waals surface area contributed by atoms with Gasteiger partial charge in [0.15, 0.2) is 5.78 Å². The van der Waals surface area contributed by atoms with Gasteiger partial charge in [-0.15, -0.1) is 12.3 Å². The summed E-state index contributed by atoms with van der Waals surface area (Å²) in [6.45, 7) is 0. The van der Waals surface area contributed by atoms with Crippen molar-refractivity contribution in [2.75, 3.05) is 0 Å². The van der Waals surface area contributed by atoms with Crippen LogP contribution in [0, 0.1) is 12.3 Å². The lowest BCUT2D eigenvalue weighted by atomic mass is 10.1. The highest BCUT2D eigenvalue weighted by Crippen LogP contribution is 2.34. The second kappa shape index (κ2) is 2.43. The van der Waals surface area contributed by atoms with Crippen molar-refractivity contribution < 1.29 is 4.79 Å². The van der Waals surface area contributed by atoms with Crippen LogP contribution in [0.4, 0.5) is 0 Å². The minimum Gasteiger partial charge on any atom is -0.319 e. The summed E-state index contributed by atoms with van der Waals surface area (Å²) in [5.41, 5.74) is 5.14. The molecule has 0 saturated heterocycles. The monoisotopic (exact) mass is 137 g/mol. The molecule has 54 valence electrons. The number of carbonyl (C=O) groups is 1. The molecule has 10 heavy (non-hydrogen) atoms. The van der Waals surface area contributed by atoms with Gasteiger partial charge in [-0.05, 0) is 12.8 Å². The van der Waals surface area contributed by atoms with Gasteiger partial charge in [-0.1, -0.05) is 0 Å². The lowest BCUT2D eigenvalue weighted by Gasteiger charge is -2.03. The van der Waals surface area contributed by atoms with Gasteiger partial charge in [-0.25, -0.2) is 0 Å². The van der Waals surface area contributed by atoms with Gasteiger partial charge in [0.2, 0.25) is 0 Å². The lowest BCUT2D eigenvalue weighted by Crippen LogP contribution is -2.32. The largest absolute Gasteiger partial charge is 0.319 e. The fourth-order valence-corrected chi connectivity index (χ4v) is 0.848. The number of nitrogens with two attached hydrogens (primary N) is 1. The van der Waals surface area contributed by atoms with Crippen molar-refractivity contribution >= 4 is 5.78 Å². The molecule has 1 saturated carbocycles. The first kappa shape index (κ1) is 7.30. The summed E-state index contributed by atoms with van der Waals surface area (Å²) in [5.74, 6) is 2.55. The van der Waals surface area contributed by atoms with E-state index in [-0.39, 0.29) is 5.78 Å². The molecular formula is C8H11NO. The standard InChI is InChI=1S/C8H11NO/c1-2-3-4-7(10)8(9)5-6-8/h1H,3-6,9H2. The number of rotatable bonds is 3. The van der Waals surface area contributed by atoms with Crippen LogP contribution in [0.3, 0.4) is 0 Å². The lowest BCUT2D eigenvalue weighted by molar-refractivity contribution is -0.121. The molecule has 0 bridgehead atoms. The van der Waals surface area contributed by atoms with Crippen LogP contribution < -0.4 is 5.73 Å². The summed E-state index contributed by atoms with van der Waals surface area (Å²) in [6, 6.07) is 0. The molecule has 1 aliphatic rings. The molecule has 0 unspecified atom stereocenters. The molecule has 0 aromatic carbocycles. The van der Waals surface area contributed by atoms with E-state index in [4.69, 9.17) is 12.2 Å². The van der Waals surface area contributed by atoms with E-state index in [9.17, 15) is 4.79 Å². The Morgan fingerprint density at radius 3 is 2.70 bits per heavy atom. The fraction of sp³-hybridized carbons (Fsp3) is 0.625. The van der Waals surface area contributed by atoms with Gasteiger partial charge < -0.3 is 5.73 Å². The van der Waals surface area contributed by atoms with Crippen LogP contribution in [0.25, 0.3) is 0 Å². The van der Waals surface area contributed by atoms with E-state index in [1.54, 1.807) is 0 Å². The first-order chi connectivity index (χ1) is 4.69. The number of ketones is 1. The van der Waals surface area contributed by atoms with Gasteiger partial charge >= 0.3 is 0 Å². The molecule has 0 aromatic heterocycles. The number of hydrogen-bond donors (Lipinski definition) is 1. The molecule has 2 N–H and O–H groups in total. The maximum atomic E-state index is 11.1. The molecule has 2 nitrogen and oxygen atoms in total. The predicted molar refractivity (Wildman–Crippen MR) is 39.2 cm³/mol. The summed E-state index contributed by atoms with van der Waals surface area (Å²) in [6.07, 6.45) is 7.66. The van der Waals surface area contributed by atoms with E-state index < -0.39 is 5.54 Å². The van der Waals surface area contributed by atoms with Crippen molar-refractivity contribution in [2.45, 2.75) is 31.2 Å². The summed E-state index contributed by atoms with van der Waals surface area (Å²) in [7, 11) is 0. The summed E-state index contributed by atoms with van der Waals surface area (Å²) >= 11 is 0. The molecule has 0 spiro atoms. The molecule has 2 heteroatoms. The SMILES string of the molecule is C#CCCC(=O)C1(N)CC1. The van der Waals surface area contributed by atoms with Gasteiger partial charge in [0.1, 0.15) is 0 Å². The second-order valence-electron chi connectivity index (χ2n) is 2.78. The highest BCUT2D eigenvalue weighted by Gasteiger charge is 2.44. The Bertz CT molecular complexity index is 186. The van der Waals surface area contributed by atoms with Gasteiger partial charge in [-0.2, -0.15) is 0 Å². The van der Waals surface area contributed by atoms with Gasteiger partial charge in [0, 0.05) is 12.8 Å². The topological polar surface area (TPSA) is 43.1 Å². The minimum absolute atomic E-state index is 0.130. The van der Waals surface area contributed by atoms with E-state index in [1.165, 1.54) is 0 Å². The van der Waals surface area contributed by atoms with E-state index in [0.29, 0.717) is 12.8 Å². The van der Waals surface area contributed by atoms with Crippen LogP contribution >= 0.6 is 0 Å². The number of carbonyl (C=O) groups excluding carboxylic acids is 1. The minimum atomic E-state index is -0.475. The Morgan fingerprint density at radius 2 is 2.30 bits per heavy atom. The van der Waals surface area contributed by atoms with Crippen LogP contribution in [0.1, 0.15) is 25.7 Å². The predicted octanol–water partition coefficient (Wildman–Crippen LogP) is 0.460. The summed E-state index contributed by atoms with van der Waals surface area (Å²) in [4.78, 5) is 11.1. The molecule has 0 amide bonds. The molecular weight excluding hydrogens is 126 g/mol. The zero-order chi connectivity index (χ0) is 7.61. The van der Waals surface area contributed by atoms with Crippen LogP contribution in [0.2, 0.25) is 0 Å². The molecule has 1 rings (SSSR count). The van der Waals surface area contributed by atoms with E-state index in [1.807, 2.05) is 0 Å². The third-order valence-corrected chi connectivity index (χ3v) is 1.84. The molecule has 1 aliphatic carbocycles. The second-order valence-corrected chi connectivity index (χ2v) is 2.78. The van der Waals surface area contributed by atoms with Crippen molar-refractivity contribution in [1.29, 1.82) is 0 Å². The quantitative estimate of drug-likeness (QED) is 0.574. The van der Waals surface area contributed by atoms with Crippen molar-refractivity contribution in [3.05, 3.63) is 0 Å². The highest BCUT2D eigenvalue weighted by molar-refractivity contribution is 5.91. The van der Waals surface area contributed by atoms with E-state index >= 15 is 0 Å². The van der Waals surface area contributed by atoms with Crippen LogP contribution in [0.15, 0.2) is 0 Å². The Kier molecular flexibility index (Phi) is 1.78. The van der Waals surface area contributed by atoms with Gasteiger partial charge in [-0.3, -0.25) is 4.79 Å². The summed E-state index contributed by atoms with van der Waals surface area (Å²) < 4.78 is 0. The normalized spacial score (nSPS) is 19.6.